The van der Waals surface area contributed by atoms with E-state index in [1.54, 1.807) is 12.2 Å². The Hall–Kier alpha value is -2.82. The van der Waals surface area contributed by atoms with Crippen LogP contribution in [0.1, 0.15) is 77.0 Å². The minimum atomic E-state index is 0.261. The molecule has 2 fully saturated rings. The molecule has 0 N–H and O–H groups in total. The fraction of sp³-hybridized carbons (Fsp3) is 0.500. The van der Waals surface area contributed by atoms with Crippen LogP contribution in [-0.2, 0) is 14.2 Å². The van der Waals surface area contributed by atoms with Gasteiger partial charge in [0.2, 0.25) is 0 Å². The molecule has 0 aromatic heterocycles. The lowest BCUT2D eigenvalue weighted by atomic mass is 9.85. The monoisotopic (exact) mass is 510 g/mol. The van der Waals surface area contributed by atoms with Crippen molar-refractivity contribution < 1.29 is 23.0 Å². The van der Waals surface area contributed by atoms with Crippen LogP contribution in [0, 0.1) is 11.8 Å². The summed E-state index contributed by atoms with van der Waals surface area (Å²) >= 11 is 0. The largest absolute Gasteiger partial charge is 0.498 e. The van der Waals surface area contributed by atoms with Crippen molar-refractivity contribution in [3.8, 4) is 0 Å². The maximum Gasteiger partial charge on any atom is 0.123 e. The second-order valence-corrected chi connectivity index (χ2v) is 10.5. The third kappa shape index (κ3) is 9.21. The highest BCUT2D eigenvalue weighted by molar-refractivity contribution is 5.36. The van der Waals surface area contributed by atoms with Gasteiger partial charge in [0.25, 0.3) is 0 Å². The van der Waals surface area contributed by atoms with Crippen molar-refractivity contribution in [1.29, 1.82) is 0 Å². The van der Waals surface area contributed by atoms with Gasteiger partial charge in [0.05, 0.1) is 37.4 Å². The molecule has 37 heavy (non-hydrogen) atoms. The summed E-state index contributed by atoms with van der Waals surface area (Å²) in [5, 5.41) is 0. The molecule has 0 amide bonds. The smallest absolute Gasteiger partial charge is 0.123 e. The summed E-state index contributed by atoms with van der Waals surface area (Å²) in [6.45, 7) is 0. The van der Waals surface area contributed by atoms with Crippen LogP contribution in [0.2, 0.25) is 0 Å². The van der Waals surface area contributed by atoms with Crippen LogP contribution in [0.3, 0.4) is 0 Å². The Balaban J connectivity index is 1.13. The molecule has 0 saturated heterocycles. The van der Waals surface area contributed by atoms with E-state index in [2.05, 4.69) is 24.3 Å². The van der Waals surface area contributed by atoms with Gasteiger partial charge in [-0.25, -0.2) is 8.78 Å². The molecule has 4 aliphatic carbocycles. The maximum atomic E-state index is 12.2. The van der Waals surface area contributed by atoms with Gasteiger partial charge in [0.15, 0.2) is 0 Å². The summed E-state index contributed by atoms with van der Waals surface area (Å²) in [6, 6.07) is 0. The molecular weight excluding hydrogens is 470 g/mol. The van der Waals surface area contributed by atoms with E-state index in [-0.39, 0.29) is 12.2 Å². The van der Waals surface area contributed by atoms with Crippen LogP contribution in [0.5, 0.6) is 0 Å². The molecule has 4 aliphatic rings. The molecule has 0 unspecified atom stereocenters. The van der Waals surface area contributed by atoms with E-state index in [1.165, 1.54) is 0 Å². The van der Waals surface area contributed by atoms with E-state index in [9.17, 15) is 8.78 Å². The summed E-state index contributed by atoms with van der Waals surface area (Å²) in [5.41, 5.74) is 2.27. The molecule has 0 spiro atoms. The van der Waals surface area contributed by atoms with Gasteiger partial charge >= 0.3 is 0 Å². The SMILES string of the molecule is FC=CCC1CCC(OC=C2C=CC(OC3=CCC(=COC4CCC(CC=CF)CC4)C=C3)=CC2)CC1. The first-order valence-electron chi connectivity index (χ1n) is 13.9. The summed E-state index contributed by atoms with van der Waals surface area (Å²) in [7, 11) is 0. The fourth-order valence-electron chi connectivity index (χ4n) is 5.41. The number of halogens is 2. The fourth-order valence-corrected chi connectivity index (χ4v) is 5.41. The quantitative estimate of drug-likeness (QED) is 0.274. The van der Waals surface area contributed by atoms with Crippen LogP contribution in [0.4, 0.5) is 8.78 Å². The van der Waals surface area contributed by atoms with Gasteiger partial charge in [-0.05, 0) is 124 Å². The first-order chi connectivity index (χ1) is 18.2. The molecule has 2 saturated carbocycles. The van der Waals surface area contributed by atoms with Crippen molar-refractivity contribution in [2.24, 2.45) is 11.8 Å². The van der Waals surface area contributed by atoms with Crippen molar-refractivity contribution in [3.63, 3.8) is 0 Å². The standard InChI is InChI=1S/C32H40F2O3/c33-21-1-3-25-5-13-29(14-6-25)35-23-27-9-17-31(18-10-27)37-32-19-11-28(12-20-32)24-36-30-15-7-26(8-16-30)4-2-22-34/h1-2,9,11,17-26,29-30H,3-8,10,12-16H2. The minimum absolute atomic E-state index is 0.261. The second kappa shape index (κ2) is 14.8. The summed E-state index contributed by atoms with van der Waals surface area (Å²) < 4.78 is 42.5. The summed E-state index contributed by atoms with van der Waals surface area (Å²) in [5.74, 6) is 2.86. The number of hydrogen-bond acceptors (Lipinski definition) is 3. The average molecular weight is 511 g/mol. The predicted molar refractivity (Wildman–Crippen MR) is 144 cm³/mol. The zero-order valence-corrected chi connectivity index (χ0v) is 21.7. The first kappa shape index (κ1) is 27.2. The Bertz CT molecular complexity index is 888. The van der Waals surface area contributed by atoms with E-state index in [1.807, 2.05) is 24.7 Å². The lowest BCUT2D eigenvalue weighted by Crippen LogP contribution is -2.19. The molecule has 0 radical (unpaired) electrons. The van der Waals surface area contributed by atoms with Gasteiger partial charge in [-0.15, -0.1) is 0 Å². The molecule has 4 rings (SSSR count). The topological polar surface area (TPSA) is 27.7 Å². The molecule has 0 atom stereocenters. The van der Waals surface area contributed by atoms with E-state index < -0.39 is 0 Å². The lowest BCUT2D eigenvalue weighted by molar-refractivity contribution is 0.0874. The number of allylic oxidation sites excluding steroid dienone is 10. The highest BCUT2D eigenvalue weighted by atomic mass is 19.1. The van der Waals surface area contributed by atoms with Crippen molar-refractivity contribution >= 4 is 0 Å². The summed E-state index contributed by atoms with van der Waals surface area (Å²) in [4.78, 5) is 0. The number of ether oxygens (including phenoxy) is 3. The molecular formula is C32H40F2O3. The van der Waals surface area contributed by atoms with Gasteiger partial charge in [0, 0.05) is 0 Å². The lowest BCUT2D eigenvalue weighted by Gasteiger charge is -2.27. The van der Waals surface area contributed by atoms with Gasteiger partial charge in [-0.2, -0.15) is 0 Å². The Labute approximate surface area is 220 Å². The van der Waals surface area contributed by atoms with Gasteiger partial charge < -0.3 is 14.2 Å². The Kier molecular flexibility index (Phi) is 10.9. The van der Waals surface area contributed by atoms with Crippen molar-refractivity contribution in [2.45, 2.75) is 89.3 Å². The van der Waals surface area contributed by atoms with Crippen LogP contribution in [0.15, 0.2) is 96.5 Å². The molecule has 0 heterocycles. The third-order valence-electron chi connectivity index (χ3n) is 7.77. The van der Waals surface area contributed by atoms with E-state index in [4.69, 9.17) is 14.2 Å². The van der Waals surface area contributed by atoms with Gasteiger partial charge in [0.1, 0.15) is 11.5 Å². The van der Waals surface area contributed by atoms with Crippen molar-refractivity contribution in [1.82, 2.24) is 0 Å². The molecule has 0 aliphatic heterocycles. The second-order valence-electron chi connectivity index (χ2n) is 10.5. The van der Waals surface area contributed by atoms with E-state index >= 15 is 0 Å². The average Bonchev–Trinajstić information content (AvgIpc) is 2.95. The summed E-state index contributed by atoms with van der Waals surface area (Å²) in [6.07, 6.45) is 32.9. The first-order valence-corrected chi connectivity index (χ1v) is 13.9. The molecule has 5 heteroatoms. The maximum absolute atomic E-state index is 12.2. The van der Waals surface area contributed by atoms with Gasteiger partial charge in [-0.1, -0.05) is 24.3 Å². The number of rotatable bonds is 10. The van der Waals surface area contributed by atoms with Crippen LogP contribution >= 0.6 is 0 Å². The van der Waals surface area contributed by atoms with Gasteiger partial charge in [-0.3, -0.25) is 0 Å². The zero-order chi connectivity index (χ0) is 25.7. The highest BCUT2D eigenvalue weighted by Gasteiger charge is 2.22. The Morgan fingerprint density at radius 3 is 1.41 bits per heavy atom. The van der Waals surface area contributed by atoms with E-state index in [0.717, 1.165) is 99.7 Å². The highest BCUT2D eigenvalue weighted by Crippen LogP contribution is 2.31. The van der Waals surface area contributed by atoms with Crippen LogP contribution < -0.4 is 0 Å². The normalized spacial score (nSPS) is 30.6. The molecule has 200 valence electrons. The van der Waals surface area contributed by atoms with Crippen molar-refractivity contribution in [3.05, 3.63) is 96.5 Å². The Morgan fingerprint density at radius 1 is 0.622 bits per heavy atom. The Morgan fingerprint density at radius 2 is 1.05 bits per heavy atom. The van der Waals surface area contributed by atoms with E-state index in [0.29, 0.717) is 24.5 Å². The zero-order valence-electron chi connectivity index (χ0n) is 21.7. The molecule has 0 bridgehead atoms. The number of hydrogen-bond donors (Lipinski definition) is 0. The minimum Gasteiger partial charge on any atom is -0.498 e. The molecule has 0 aromatic carbocycles. The van der Waals surface area contributed by atoms with Crippen molar-refractivity contribution in [2.75, 3.05) is 0 Å². The molecule has 3 nitrogen and oxygen atoms in total. The van der Waals surface area contributed by atoms with Crippen LogP contribution in [-0.4, -0.2) is 12.2 Å². The molecule has 0 aromatic rings. The predicted octanol–water partition coefficient (Wildman–Crippen LogP) is 9.36. The third-order valence-corrected chi connectivity index (χ3v) is 7.77. The van der Waals surface area contributed by atoms with Crippen LogP contribution in [0.25, 0.3) is 0 Å².